The Hall–Kier alpha value is -3.25. The van der Waals surface area contributed by atoms with E-state index in [-0.39, 0.29) is 34.7 Å². The third kappa shape index (κ3) is 6.64. The van der Waals surface area contributed by atoms with Gasteiger partial charge in [0, 0.05) is 17.7 Å². The fourth-order valence-electron chi connectivity index (χ4n) is 2.86. The molecule has 1 atom stereocenters. The first-order chi connectivity index (χ1) is 15.9. The van der Waals surface area contributed by atoms with Crippen molar-refractivity contribution in [2.75, 3.05) is 17.2 Å². The molecule has 3 aromatic rings. The van der Waals surface area contributed by atoms with Crippen LogP contribution in [0.1, 0.15) is 12.5 Å². The van der Waals surface area contributed by atoms with E-state index < -0.39 is 35.6 Å². The summed E-state index contributed by atoms with van der Waals surface area (Å²) in [6.07, 6.45) is -9.64. The molecular formula is C21H17ClF6N4O2. The van der Waals surface area contributed by atoms with E-state index in [9.17, 15) is 31.4 Å². The van der Waals surface area contributed by atoms with E-state index in [4.69, 9.17) is 11.6 Å². The Bertz CT molecular complexity index is 1160. The first-order valence-corrected chi connectivity index (χ1v) is 9.99. The molecule has 0 saturated carbocycles. The fraction of sp³-hybridized carbons (Fsp3) is 0.238. The number of hydrogen-bond acceptors (Lipinski definition) is 6. The van der Waals surface area contributed by atoms with Crippen molar-refractivity contribution in [1.82, 2.24) is 9.97 Å². The van der Waals surface area contributed by atoms with Crippen molar-refractivity contribution in [3.05, 3.63) is 59.1 Å². The summed E-state index contributed by atoms with van der Waals surface area (Å²) >= 11 is 5.99. The molecule has 0 aliphatic carbocycles. The maximum absolute atomic E-state index is 13.5. The van der Waals surface area contributed by atoms with Crippen molar-refractivity contribution in [3.63, 3.8) is 0 Å². The third-order valence-electron chi connectivity index (χ3n) is 4.31. The van der Waals surface area contributed by atoms with Crippen molar-refractivity contribution < 1.29 is 36.2 Å². The maximum Gasteiger partial charge on any atom is 0.573 e. The van der Waals surface area contributed by atoms with Gasteiger partial charge in [0.1, 0.15) is 11.6 Å². The second-order valence-corrected chi connectivity index (χ2v) is 7.46. The van der Waals surface area contributed by atoms with E-state index in [1.54, 1.807) is 6.92 Å². The van der Waals surface area contributed by atoms with E-state index in [1.807, 2.05) is 0 Å². The predicted octanol–water partition coefficient (Wildman–Crippen LogP) is 6.25. The molecule has 0 aliphatic heterocycles. The molecule has 1 heterocycles. The summed E-state index contributed by atoms with van der Waals surface area (Å²) in [5, 5.41) is 14.4. The number of nitrogens with zero attached hydrogens (tertiary/aromatic N) is 2. The van der Waals surface area contributed by atoms with E-state index >= 15 is 0 Å². The quantitative estimate of drug-likeness (QED) is 0.329. The van der Waals surface area contributed by atoms with Crippen LogP contribution in [0.4, 0.5) is 43.8 Å². The van der Waals surface area contributed by atoms with Gasteiger partial charge in [0.15, 0.2) is 0 Å². The second-order valence-electron chi connectivity index (χ2n) is 7.05. The van der Waals surface area contributed by atoms with Gasteiger partial charge < -0.3 is 20.5 Å². The number of rotatable bonds is 7. The lowest BCUT2D eigenvalue weighted by molar-refractivity contribution is -0.274. The van der Waals surface area contributed by atoms with Gasteiger partial charge in [0.25, 0.3) is 0 Å². The smallest absolute Gasteiger partial charge is 0.406 e. The molecule has 1 aromatic heterocycles. The summed E-state index contributed by atoms with van der Waals surface area (Å²) in [4.78, 5) is 8.31. The second kappa shape index (κ2) is 9.94. The standard InChI is InChI=1S/C21H17ClF6N4O2/c1-11(10-33)29-19-30-16(12-4-2-5-13(8-12)34-21(26,27)28)9-17(32-19)31-18-14(20(23,24)25)6-3-7-15(18)22/h2-9,11,33H,10H2,1H3,(H2,29,30,31,32)/t11-/m1/s1. The molecule has 0 saturated heterocycles. The lowest BCUT2D eigenvalue weighted by Crippen LogP contribution is -2.21. The lowest BCUT2D eigenvalue weighted by Gasteiger charge is -2.18. The normalized spacial score (nSPS) is 12.9. The van der Waals surface area contributed by atoms with Crippen molar-refractivity contribution in [2.45, 2.75) is 25.5 Å². The molecule has 2 aromatic carbocycles. The number of para-hydroxylation sites is 1. The van der Waals surface area contributed by atoms with Gasteiger partial charge in [-0.2, -0.15) is 18.2 Å². The Morgan fingerprint density at radius 2 is 1.74 bits per heavy atom. The number of aromatic nitrogens is 2. The number of ether oxygens (including phenoxy) is 1. The van der Waals surface area contributed by atoms with Crippen LogP contribution in [0.5, 0.6) is 5.75 Å². The van der Waals surface area contributed by atoms with Gasteiger partial charge in [0.05, 0.1) is 28.6 Å². The van der Waals surface area contributed by atoms with Crippen molar-refractivity contribution in [1.29, 1.82) is 0 Å². The molecule has 3 rings (SSSR count). The van der Waals surface area contributed by atoms with Crippen molar-refractivity contribution in [3.8, 4) is 17.0 Å². The summed E-state index contributed by atoms with van der Waals surface area (Å²) in [5.74, 6) is -0.732. The molecule has 182 valence electrons. The first-order valence-electron chi connectivity index (χ1n) is 9.61. The Morgan fingerprint density at radius 1 is 1.03 bits per heavy atom. The van der Waals surface area contributed by atoms with Crippen molar-refractivity contribution >= 4 is 29.1 Å². The summed E-state index contributed by atoms with van der Waals surface area (Å²) in [7, 11) is 0. The molecule has 6 nitrogen and oxygen atoms in total. The maximum atomic E-state index is 13.5. The molecule has 0 bridgehead atoms. The molecule has 0 spiro atoms. The minimum atomic E-state index is -4.92. The highest BCUT2D eigenvalue weighted by molar-refractivity contribution is 6.33. The molecular weight excluding hydrogens is 490 g/mol. The van der Waals surface area contributed by atoms with Gasteiger partial charge in [-0.3, -0.25) is 0 Å². The van der Waals surface area contributed by atoms with Gasteiger partial charge in [0.2, 0.25) is 5.95 Å². The summed E-state index contributed by atoms with van der Waals surface area (Å²) in [6.45, 7) is 1.28. The average Bonchev–Trinajstić information content (AvgIpc) is 2.73. The van der Waals surface area contributed by atoms with Crippen molar-refractivity contribution in [2.24, 2.45) is 0 Å². The zero-order valence-electron chi connectivity index (χ0n) is 17.3. The number of aliphatic hydroxyl groups is 1. The Labute approximate surface area is 194 Å². The van der Waals surface area contributed by atoms with Gasteiger partial charge in [-0.25, -0.2) is 4.98 Å². The number of nitrogens with one attached hydrogen (secondary N) is 2. The minimum Gasteiger partial charge on any atom is -0.406 e. The van der Waals surface area contributed by atoms with Gasteiger partial charge in [-0.05, 0) is 31.2 Å². The van der Waals surface area contributed by atoms with E-state index in [1.165, 1.54) is 24.3 Å². The van der Waals surface area contributed by atoms with Crippen LogP contribution >= 0.6 is 11.6 Å². The number of anilines is 3. The highest BCUT2D eigenvalue weighted by Crippen LogP contribution is 2.40. The third-order valence-corrected chi connectivity index (χ3v) is 4.63. The molecule has 13 heteroatoms. The molecule has 34 heavy (non-hydrogen) atoms. The zero-order chi connectivity index (χ0) is 25.1. The number of aliphatic hydroxyl groups excluding tert-OH is 1. The topological polar surface area (TPSA) is 79.3 Å². The first kappa shape index (κ1) is 25.4. The summed E-state index contributed by atoms with van der Waals surface area (Å²) < 4.78 is 82.2. The molecule has 0 amide bonds. The summed E-state index contributed by atoms with van der Waals surface area (Å²) in [6, 6.07) is 8.83. The molecule has 0 fully saturated rings. The highest BCUT2D eigenvalue weighted by Gasteiger charge is 2.34. The number of alkyl halides is 6. The summed E-state index contributed by atoms with van der Waals surface area (Å²) in [5.41, 5.74) is -1.27. The monoisotopic (exact) mass is 506 g/mol. The molecule has 3 N–H and O–H groups in total. The predicted molar refractivity (Wildman–Crippen MR) is 114 cm³/mol. The largest absolute Gasteiger partial charge is 0.573 e. The number of hydrogen-bond donors (Lipinski definition) is 3. The van der Waals surface area contributed by atoms with Crippen LogP contribution in [0.25, 0.3) is 11.3 Å². The SMILES string of the molecule is C[C@H](CO)Nc1nc(Nc2c(Cl)cccc2C(F)(F)F)cc(-c2cccc(OC(F)(F)F)c2)n1. The van der Waals surface area contributed by atoms with Gasteiger partial charge in [-0.15, -0.1) is 13.2 Å². The van der Waals surface area contributed by atoms with Crippen LogP contribution < -0.4 is 15.4 Å². The van der Waals surface area contributed by atoms with Crippen LogP contribution in [-0.2, 0) is 6.18 Å². The van der Waals surface area contributed by atoms with Crippen LogP contribution in [0.2, 0.25) is 5.02 Å². The van der Waals surface area contributed by atoms with Crippen LogP contribution in [0, 0.1) is 0 Å². The lowest BCUT2D eigenvalue weighted by atomic mass is 10.1. The number of benzene rings is 2. The van der Waals surface area contributed by atoms with Crippen LogP contribution in [0.15, 0.2) is 48.5 Å². The Morgan fingerprint density at radius 3 is 2.38 bits per heavy atom. The minimum absolute atomic E-state index is 0.0679. The van der Waals surface area contributed by atoms with E-state index in [2.05, 4.69) is 25.3 Å². The number of halogens is 7. The molecule has 0 aliphatic rings. The fourth-order valence-corrected chi connectivity index (χ4v) is 3.08. The van der Waals surface area contributed by atoms with Gasteiger partial charge >= 0.3 is 12.5 Å². The van der Waals surface area contributed by atoms with Gasteiger partial charge in [-0.1, -0.05) is 29.8 Å². The van der Waals surface area contributed by atoms with Crippen LogP contribution in [0.3, 0.4) is 0 Å². The van der Waals surface area contributed by atoms with E-state index in [0.29, 0.717) is 0 Å². The Balaban J connectivity index is 2.08. The average molecular weight is 507 g/mol. The van der Waals surface area contributed by atoms with E-state index in [0.717, 1.165) is 24.3 Å². The highest BCUT2D eigenvalue weighted by atomic mass is 35.5. The zero-order valence-corrected chi connectivity index (χ0v) is 18.1. The Kier molecular flexibility index (Phi) is 7.41. The molecule has 0 unspecified atom stereocenters. The van der Waals surface area contributed by atoms with Crippen LogP contribution in [-0.4, -0.2) is 34.1 Å². The molecule has 0 radical (unpaired) electrons.